The van der Waals surface area contributed by atoms with Crippen LogP contribution in [-0.2, 0) is 27.7 Å². The van der Waals surface area contributed by atoms with Crippen molar-refractivity contribution < 1.29 is 17.9 Å². The number of hydrogen-bond acceptors (Lipinski definition) is 6. The van der Waals surface area contributed by atoms with Gasteiger partial charge in [-0.3, -0.25) is 4.72 Å². The Morgan fingerprint density at radius 3 is 2.74 bits per heavy atom. The standard InChI is InChI=1S/C15H16N2O4S2/c1-21-15(18)13-11-7-8-16-9-12(11)22-14(13)17-23(19,20)10-5-3-2-4-6-10/h2-6,16-17H,7-9H2,1H3. The van der Waals surface area contributed by atoms with Gasteiger partial charge < -0.3 is 10.1 Å². The van der Waals surface area contributed by atoms with Crippen molar-refractivity contribution in [2.45, 2.75) is 17.9 Å². The first-order valence-corrected chi connectivity index (χ1v) is 9.34. The minimum atomic E-state index is -3.74. The number of fused-ring (bicyclic) bond motifs is 1. The fourth-order valence-electron chi connectivity index (χ4n) is 2.51. The summed E-state index contributed by atoms with van der Waals surface area (Å²) in [4.78, 5) is 13.2. The summed E-state index contributed by atoms with van der Waals surface area (Å²) in [7, 11) is -2.45. The number of thiophene rings is 1. The number of sulfonamides is 1. The molecular weight excluding hydrogens is 336 g/mol. The van der Waals surface area contributed by atoms with Gasteiger partial charge in [-0.05, 0) is 30.7 Å². The van der Waals surface area contributed by atoms with E-state index < -0.39 is 16.0 Å². The number of esters is 1. The average Bonchev–Trinajstić information content (AvgIpc) is 2.92. The van der Waals surface area contributed by atoms with E-state index in [1.54, 1.807) is 18.2 Å². The summed E-state index contributed by atoms with van der Waals surface area (Å²) in [5.41, 5.74) is 1.19. The van der Waals surface area contributed by atoms with Crippen LogP contribution in [0.3, 0.4) is 0 Å². The topological polar surface area (TPSA) is 84.5 Å². The molecule has 0 spiro atoms. The fraction of sp³-hybridized carbons (Fsp3) is 0.267. The lowest BCUT2D eigenvalue weighted by molar-refractivity contribution is 0.0601. The smallest absolute Gasteiger partial charge is 0.341 e. The summed E-state index contributed by atoms with van der Waals surface area (Å²) in [5, 5.41) is 3.53. The molecule has 2 aromatic rings. The van der Waals surface area contributed by atoms with E-state index >= 15 is 0 Å². The molecule has 1 aliphatic rings. The molecule has 0 saturated carbocycles. The maximum atomic E-state index is 12.5. The Morgan fingerprint density at radius 1 is 1.30 bits per heavy atom. The van der Waals surface area contributed by atoms with E-state index in [2.05, 4.69) is 10.0 Å². The zero-order valence-electron chi connectivity index (χ0n) is 12.5. The fourth-order valence-corrected chi connectivity index (χ4v) is 5.04. The van der Waals surface area contributed by atoms with Crippen LogP contribution in [0.4, 0.5) is 5.00 Å². The van der Waals surface area contributed by atoms with Crippen molar-refractivity contribution in [1.29, 1.82) is 0 Å². The zero-order chi connectivity index (χ0) is 16.4. The summed E-state index contributed by atoms with van der Waals surface area (Å²) < 4.78 is 32.4. The van der Waals surface area contributed by atoms with E-state index in [1.807, 2.05) is 0 Å². The molecule has 1 aliphatic heterocycles. The number of carbonyl (C=O) groups is 1. The van der Waals surface area contributed by atoms with Gasteiger partial charge in [0.25, 0.3) is 10.0 Å². The van der Waals surface area contributed by atoms with E-state index in [-0.39, 0.29) is 4.90 Å². The highest BCUT2D eigenvalue weighted by Crippen LogP contribution is 2.37. The Bertz CT molecular complexity index is 829. The first-order valence-electron chi connectivity index (χ1n) is 7.04. The van der Waals surface area contributed by atoms with Gasteiger partial charge >= 0.3 is 5.97 Å². The molecule has 6 nitrogen and oxygen atoms in total. The van der Waals surface area contributed by atoms with Crippen molar-refractivity contribution in [3.8, 4) is 0 Å². The average molecular weight is 352 g/mol. The summed E-state index contributed by atoms with van der Waals surface area (Å²) in [5.74, 6) is -0.518. The lowest BCUT2D eigenvalue weighted by atomic mass is 10.0. The highest BCUT2D eigenvalue weighted by atomic mass is 32.2. The molecule has 0 amide bonds. The molecule has 0 bridgehead atoms. The Labute approximate surface area is 138 Å². The number of rotatable bonds is 4. The van der Waals surface area contributed by atoms with Gasteiger partial charge in [0.05, 0.1) is 17.6 Å². The van der Waals surface area contributed by atoms with Crippen LogP contribution in [0.2, 0.25) is 0 Å². The number of nitrogens with one attached hydrogen (secondary N) is 2. The Morgan fingerprint density at radius 2 is 2.04 bits per heavy atom. The lowest BCUT2D eigenvalue weighted by Crippen LogP contribution is -2.23. The van der Waals surface area contributed by atoms with Crippen LogP contribution in [0.15, 0.2) is 35.2 Å². The largest absolute Gasteiger partial charge is 0.465 e. The minimum absolute atomic E-state index is 0.153. The van der Waals surface area contributed by atoms with Crippen LogP contribution >= 0.6 is 11.3 Å². The van der Waals surface area contributed by atoms with Crippen LogP contribution < -0.4 is 10.0 Å². The SMILES string of the molecule is COC(=O)c1c(NS(=O)(=O)c2ccccc2)sc2c1CCNC2. The molecule has 2 N–H and O–H groups in total. The van der Waals surface area contributed by atoms with Gasteiger partial charge in [0.15, 0.2) is 0 Å². The molecular formula is C15H16N2O4S2. The second-order valence-electron chi connectivity index (χ2n) is 5.04. The van der Waals surface area contributed by atoms with Gasteiger partial charge in [0.2, 0.25) is 0 Å². The quantitative estimate of drug-likeness (QED) is 0.822. The number of carbonyl (C=O) groups excluding carboxylic acids is 1. The maximum absolute atomic E-state index is 12.5. The monoisotopic (exact) mass is 352 g/mol. The molecule has 122 valence electrons. The number of ether oxygens (including phenoxy) is 1. The highest BCUT2D eigenvalue weighted by Gasteiger charge is 2.28. The first-order chi connectivity index (χ1) is 11.0. The van der Waals surface area contributed by atoms with Crippen molar-refractivity contribution in [2.75, 3.05) is 18.4 Å². The Balaban J connectivity index is 2.03. The van der Waals surface area contributed by atoms with Crippen molar-refractivity contribution in [3.63, 3.8) is 0 Å². The van der Waals surface area contributed by atoms with Crippen molar-refractivity contribution in [3.05, 3.63) is 46.3 Å². The molecule has 23 heavy (non-hydrogen) atoms. The summed E-state index contributed by atoms with van der Waals surface area (Å²) in [6.07, 6.45) is 0.670. The van der Waals surface area contributed by atoms with Crippen molar-refractivity contribution >= 4 is 32.3 Å². The third-order valence-corrected chi connectivity index (χ3v) is 6.24. The number of hydrogen-bond donors (Lipinski definition) is 2. The normalized spacial score (nSPS) is 14.1. The van der Waals surface area contributed by atoms with E-state index in [9.17, 15) is 13.2 Å². The van der Waals surface area contributed by atoms with Gasteiger partial charge in [-0.1, -0.05) is 18.2 Å². The second kappa shape index (κ2) is 6.31. The molecule has 0 atom stereocenters. The molecule has 0 aliphatic carbocycles. The molecule has 8 heteroatoms. The van der Waals surface area contributed by atoms with Crippen LogP contribution in [0.5, 0.6) is 0 Å². The number of anilines is 1. The zero-order valence-corrected chi connectivity index (χ0v) is 14.1. The van der Waals surface area contributed by atoms with Crippen LogP contribution in [0, 0.1) is 0 Å². The van der Waals surface area contributed by atoms with Gasteiger partial charge in [-0.2, -0.15) is 0 Å². The maximum Gasteiger partial charge on any atom is 0.341 e. The molecule has 3 rings (SSSR count). The van der Waals surface area contributed by atoms with Crippen LogP contribution in [0.1, 0.15) is 20.8 Å². The van der Waals surface area contributed by atoms with E-state index in [1.165, 1.54) is 30.6 Å². The van der Waals surface area contributed by atoms with Crippen molar-refractivity contribution in [2.24, 2.45) is 0 Å². The molecule has 0 fully saturated rings. The molecule has 1 aromatic heterocycles. The molecule has 0 radical (unpaired) electrons. The highest BCUT2D eigenvalue weighted by molar-refractivity contribution is 7.93. The number of benzene rings is 1. The lowest BCUT2D eigenvalue weighted by Gasteiger charge is -2.13. The third-order valence-electron chi connectivity index (χ3n) is 3.60. The van der Waals surface area contributed by atoms with Gasteiger partial charge in [0.1, 0.15) is 5.00 Å². The van der Waals surface area contributed by atoms with Crippen LogP contribution in [-0.4, -0.2) is 28.0 Å². The predicted molar refractivity (Wildman–Crippen MR) is 88.3 cm³/mol. The van der Waals surface area contributed by atoms with E-state index in [0.29, 0.717) is 23.5 Å². The summed E-state index contributed by atoms with van der Waals surface area (Å²) >= 11 is 1.27. The molecule has 0 unspecified atom stereocenters. The Kier molecular flexibility index (Phi) is 4.38. The van der Waals surface area contributed by atoms with Crippen molar-refractivity contribution in [1.82, 2.24) is 5.32 Å². The molecule has 0 saturated heterocycles. The third kappa shape index (κ3) is 3.10. The summed E-state index contributed by atoms with van der Waals surface area (Å²) in [6.45, 7) is 1.37. The molecule has 1 aromatic carbocycles. The first kappa shape index (κ1) is 16.0. The van der Waals surface area contributed by atoms with Gasteiger partial charge in [-0.15, -0.1) is 11.3 Å². The van der Waals surface area contributed by atoms with Gasteiger partial charge in [-0.25, -0.2) is 13.2 Å². The molecule has 2 heterocycles. The Hall–Kier alpha value is -1.90. The number of methoxy groups -OCH3 is 1. The van der Waals surface area contributed by atoms with Crippen LogP contribution in [0.25, 0.3) is 0 Å². The summed E-state index contributed by atoms with van der Waals surface area (Å²) in [6, 6.07) is 8.07. The predicted octanol–water partition coefficient (Wildman–Crippen LogP) is 1.98. The minimum Gasteiger partial charge on any atom is -0.465 e. The van der Waals surface area contributed by atoms with E-state index in [0.717, 1.165) is 17.0 Å². The van der Waals surface area contributed by atoms with E-state index in [4.69, 9.17) is 4.74 Å². The second-order valence-corrected chi connectivity index (χ2v) is 7.83. The van der Waals surface area contributed by atoms with Gasteiger partial charge in [0, 0.05) is 11.4 Å².